The van der Waals surface area contributed by atoms with Crippen molar-refractivity contribution in [1.29, 1.82) is 0 Å². The van der Waals surface area contributed by atoms with Crippen molar-refractivity contribution >= 4 is 11.6 Å². The molecule has 0 aromatic heterocycles. The van der Waals surface area contributed by atoms with Crippen LogP contribution in [0.5, 0.6) is 0 Å². The zero-order valence-electron chi connectivity index (χ0n) is 9.69. The Kier molecular flexibility index (Phi) is 6.78. The Bertz CT molecular complexity index is 317. The topological polar surface area (TPSA) is 70.6 Å². The zero-order valence-corrected chi connectivity index (χ0v) is 9.69. The van der Waals surface area contributed by atoms with Crippen molar-refractivity contribution in [2.45, 2.75) is 0 Å². The Morgan fingerprint density at radius 3 is 2.71 bits per heavy atom. The van der Waals surface area contributed by atoms with E-state index in [9.17, 15) is 4.79 Å². The molecule has 0 heterocycles. The Balaban J connectivity index is 2.05. The molecule has 0 fully saturated rings. The summed E-state index contributed by atoms with van der Waals surface area (Å²) in [5.41, 5.74) is 0.916. The Labute approximate surface area is 101 Å². The molecule has 5 heteroatoms. The summed E-state index contributed by atoms with van der Waals surface area (Å²) >= 11 is 0. The lowest BCUT2D eigenvalue weighted by Crippen LogP contribution is -2.32. The predicted molar refractivity (Wildman–Crippen MR) is 65.8 cm³/mol. The number of carbonyl (C=O) groups is 1. The van der Waals surface area contributed by atoms with Crippen LogP contribution in [0.3, 0.4) is 0 Å². The predicted octanol–water partition coefficient (Wildman–Crippen LogP) is 0.224. The maximum absolute atomic E-state index is 11.4. The molecule has 0 unspecified atom stereocenters. The van der Waals surface area contributed by atoms with Crippen molar-refractivity contribution < 1.29 is 14.6 Å². The molecule has 94 valence electrons. The first kappa shape index (κ1) is 13.5. The van der Waals surface area contributed by atoms with Crippen LogP contribution < -0.4 is 10.6 Å². The fraction of sp³-hybridized carbons (Fsp3) is 0.417. The fourth-order valence-corrected chi connectivity index (χ4v) is 1.23. The molecule has 17 heavy (non-hydrogen) atoms. The number of ether oxygens (including phenoxy) is 1. The zero-order chi connectivity index (χ0) is 12.3. The summed E-state index contributed by atoms with van der Waals surface area (Å²) in [4.78, 5) is 11.4. The third kappa shape index (κ3) is 6.55. The van der Waals surface area contributed by atoms with Crippen molar-refractivity contribution in [2.24, 2.45) is 0 Å². The minimum Gasteiger partial charge on any atom is -0.394 e. The van der Waals surface area contributed by atoms with E-state index in [1.807, 2.05) is 30.3 Å². The summed E-state index contributed by atoms with van der Waals surface area (Å²) in [5, 5.41) is 14.2. The van der Waals surface area contributed by atoms with Crippen LogP contribution in [0.15, 0.2) is 30.3 Å². The van der Waals surface area contributed by atoms with Crippen molar-refractivity contribution in [3.63, 3.8) is 0 Å². The van der Waals surface area contributed by atoms with E-state index >= 15 is 0 Å². The molecule has 1 amide bonds. The Morgan fingerprint density at radius 1 is 1.24 bits per heavy atom. The lowest BCUT2D eigenvalue weighted by molar-refractivity contribution is -0.119. The molecule has 1 rings (SSSR count). The third-order valence-electron chi connectivity index (χ3n) is 2.03. The summed E-state index contributed by atoms with van der Waals surface area (Å²) < 4.78 is 5.01. The molecule has 0 spiro atoms. The SMILES string of the molecule is O=C(CNc1ccccc1)NCCOCCO. The quantitative estimate of drug-likeness (QED) is 0.567. The van der Waals surface area contributed by atoms with Gasteiger partial charge in [-0.2, -0.15) is 0 Å². The largest absolute Gasteiger partial charge is 0.394 e. The molecule has 0 radical (unpaired) electrons. The van der Waals surface area contributed by atoms with Gasteiger partial charge in [0.05, 0.1) is 26.4 Å². The minimum absolute atomic E-state index is 0.00348. The molecule has 5 nitrogen and oxygen atoms in total. The number of benzene rings is 1. The van der Waals surface area contributed by atoms with Crippen molar-refractivity contribution in [3.05, 3.63) is 30.3 Å². The van der Waals surface area contributed by atoms with Crippen molar-refractivity contribution in [3.8, 4) is 0 Å². The first-order valence-electron chi connectivity index (χ1n) is 5.57. The number of aliphatic hydroxyl groups is 1. The van der Waals surface area contributed by atoms with E-state index in [1.165, 1.54) is 0 Å². The van der Waals surface area contributed by atoms with Crippen LogP contribution in [0.25, 0.3) is 0 Å². The number of carbonyl (C=O) groups excluding carboxylic acids is 1. The standard InChI is InChI=1S/C12H18N2O3/c15-7-9-17-8-6-13-12(16)10-14-11-4-2-1-3-5-11/h1-5,14-15H,6-10H2,(H,13,16). The van der Waals surface area contributed by atoms with Gasteiger partial charge in [0.25, 0.3) is 0 Å². The molecule has 0 aliphatic rings. The fourth-order valence-electron chi connectivity index (χ4n) is 1.23. The number of hydrogen-bond acceptors (Lipinski definition) is 4. The van der Waals surface area contributed by atoms with Gasteiger partial charge in [-0.05, 0) is 12.1 Å². The van der Waals surface area contributed by atoms with Gasteiger partial charge in [0, 0.05) is 12.2 Å². The molecule has 0 aliphatic heterocycles. The summed E-state index contributed by atoms with van der Waals surface area (Å²) in [5.74, 6) is -0.0820. The van der Waals surface area contributed by atoms with E-state index < -0.39 is 0 Å². The average Bonchev–Trinajstić information content (AvgIpc) is 2.37. The molecule has 1 aromatic rings. The highest BCUT2D eigenvalue weighted by Gasteiger charge is 1.99. The summed E-state index contributed by atoms with van der Waals surface area (Å²) in [6.07, 6.45) is 0. The number of nitrogens with one attached hydrogen (secondary N) is 2. The minimum atomic E-state index is -0.0820. The molecule has 0 saturated carbocycles. The molecule has 0 atom stereocenters. The molecule has 1 aromatic carbocycles. The lowest BCUT2D eigenvalue weighted by atomic mass is 10.3. The van der Waals surface area contributed by atoms with Crippen LogP contribution in [0.4, 0.5) is 5.69 Å². The van der Waals surface area contributed by atoms with Crippen molar-refractivity contribution in [2.75, 3.05) is 38.2 Å². The third-order valence-corrected chi connectivity index (χ3v) is 2.03. The number of rotatable bonds is 8. The molecular weight excluding hydrogens is 220 g/mol. The van der Waals surface area contributed by atoms with Gasteiger partial charge in [-0.25, -0.2) is 0 Å². The summed E-state index contributed by atoms with van der Waals surface area (Å²) in [6, 6.07) is 9.53. The molecule has 0 bridgehead atoms. The number of hydrogen-bond donors (Lipinski definition) is 3. The van der Waals surface area contributed by atoms with Gasteiger partial charge in [-0.3, -0.25) is 4.79 Å². The monoisotopic (exact) mass is 238 g/mol. The highest BCUT2D eigenvalue weighted by atomic mass is 16.5. The van der Waals surface area contributed by atoms with Gasteiger partial charge < -0.3 is 20.5 Å². The number of anilines is 1. The van der Waals surface area contributed by atoms with E-state index in [0.29, 0.717) is 19.8 Å². The van der Waals surface area contributed by atoms with Crippen LogP contribution >= 0.6 is 0 Å². The van der Waals surface area contributed by atoms with Gasteiger partial charge in [0.15, 0.2) is 0 Å². The van der Waals surface area contributed by atoms with Crippen molar-refractivity contribution in [1.82, 2.24) is 5.32 Å². The molecule has 0 aliphatic carbocycles. The van der Waals surface area contributed by atoms with Gasteiger partial charge in [0.2, 0.25) is 5.91 Å². The van der Waals surface area contributed by atoms with Crippen LogP contribution in [0.2, 0.25) is 0 Å². The molecule has 0 saturated heterocycles. The van der Waals surface area contributed by atoms with Crippen LogP contribution in [0.1, 0.15) is 0 Å². The summed E-state index contributed by atoms with van der Waals surface area (Å²) in [6.45, 7) is 1.42. The van der Waals surface area contributed by atoms with Gasteiger partial charge in [-0.1, -0.05) is 18.2 Å². The van der Waals surface area contributed by atoms with Gasteiger partial charge in [-0.15, -0.1) is 0 Å². The lowest BCUT2D eigenvalue weighted by Gasteiger charge is -2.07. The van der Waals surface area contributed by atoms with Crippen LogP contribution in [0, 0.1) is 0 Å². The Morgan fingerprint density at radius 2 is 2.00 bits per heavy atom. The number of amides is 1. The first-order chi connectivity index (χ1) is 8.33. The van der Waals surface area contributed by atoms with E-state index in [-0.39, 0.29) is 19.1 Å². The smallest absolute Gasteiger partial charge is 0.239 e. The maximum atomic E-state index is 11.4. The summed E-state index contributed by atoms with van der Waals surface area (Å²) in [7, 11) is 0. The second-order valence-corrected chi connectivity index (χ2v) is 3.41. The van der Waals surface area contributed by atoms with E-state index in [4.69, 9.17) is 9.84 Å². The van der Waals surface area contributed by atoms with Gasteiger partial charge >= 0.3 is 0 Å². The molecule has 3 N–H and O–H groups in total. The van der Waals surface area contributed by atoms with Crippen LogP contribution in [-0.4, -0.2) is 43.9 Å². The highest BCUT2D eigenvalue weighted by Crippen LogP contribution is 2.03. The van der Waals surface area contributed by atoms with Gasteiger partial charge in [0.1, 0.15) is 0 Å². The Hall–Kier alpha value is -1.59. The highest BCUT2D eigenvalue weighted by molar-refractivity contribution is 5.80. The van der Waals surface area contributed by atoms with E-state index in [1.54, 1.807) is 0 Å². The second-order valence-electron chi connectivity index (χ2n) is 3.41. The first-order valence-corrected chi connectivity index (χ1v) is 5.57. The second kappa shape index (κ2) is 8.55. The van der Waals surface area contributed by atoms with E-state index in [0.717, 1.165) is 5.69 Å². The molecular formula is C12H18N2O3. The van der Waals surface area contributed by atoms with E-state index in [2.05, 4.69) is 10.6 Å². The number of aliphatic hydroxyl groups excluding tert-OH is 1. The number of para-hydroxylation sites is 1. The average molecular weight is 238 g/mol. The maximum Gasteiger partial charge on any atom is 0.239 e. The van der Waals surface area contributed by atoms with Crippen LogP contribution in [-0.2, 0) is 9.53 Å². The normalized spacial score (nSPS) is 9.94.